The zero-order valence-electron chi connectivity index (χ0n) is 17.5. The summed E-state index contributed by atoms with van der Waals surface area (Å²) in [4.78, 5) is 13.2. The summed E-state index contributed by atoms with van der Waals surface area (Å²) in [5, 5.41) is 20.9. The largest absolute Gasteiger partial charge is 0.454 e. The van der Waals surface area contributed by atoms with Gasteiger partial charge in [-0.15, -0.1) is 0 Å². The minimum atomic E-state index is -2.02. The van der Waals surface area contributed by atoms with Crippen molar-refractivity contribution in [3.63, 3.8) is 0 Å². The molecule has 1 unspecified atom stereocenters. The van der Waals surface area contributed by atoms with E-state index in [0.29, 0.717) is 39.3 Å². The zero-order chi connectivity index (χ0) is 23.3. The summed E-state index contributed by atoms with van der Waals surface area (Å²) in [7, 11) is 0. The summed E-state index contributed by atoms with van der Waals surface area (Å²) >= 11 is 1.09. The summed E-state index contributed by atoms with van der Waals surface area (Å²) in [5.74, 6) is -1.65. The van der Waals surface area contributed by atoms with Gasteiger partial charge in [-0.1, -0.05) is 18.2 Å². The molecule has 1 aromatic heterocycles. The Morgan fingerprint density at radius 3 is 2.62 bits per heavy atom. The van der Waals surface area contributed by atoms with Crippen molar-refractivity contribution in [2.45, 2.75) is 12.2 Å². The molecule has 0 fully saturated rings. The fraction of sp³-hybridized carbons (Fsp3) is 0.120. The third-order valence-corrected chi connectivity index (χ3v) is 6.48. The molecule has 0 spiro atoms. The van der Waals surface area contributed by atoms with Crippen LogP contribution in [0, 0.1) is 11.3 Å². The van der Waals surface area contributed by atoms with Crippen LogP contribution in [0.2, 0.25) is 0 Å². The maximum Gasteiger partial charge on any atom is 0.342 e. The second-order valence-corrected chi connectivity index (χ2v) is 8.44. The number of aliphatic hydroxyl groups is 1. The summed E-state index contributed by atoms with van der Waals surface area (Å²) in [6.07, 6.45) is 0.213. The lowest BCUT2D eigenvalue weighted by Crippen LogP contribution is -2.29. The van der Waals surface area contributed by atoms with E-state index in [0.717, 1.165) is 22.8 Å². The van der Waals surface area contributed by atoms with E-state index < -0.39 is 11.8 Å². The molecule has 34 heavy (non-hydrogen) atoms. The van der Waals surface area contributed by atoms with Crippen LogP contribution in [0.5, 0.6) is 11.5 Å². The summed E-state index contributed by atoms with van der Waals surface area (Å²) in [6.45, 7) is 0.0812. The Morgan fingerprint density at radius 2 is 1.79 bits per heavy atom. The quantitative estimate of drug-likeness (QED) is 0.450. The number of hydrogen-bond donors (Lipinski definition) is 1. The molecule has 2 aliphatic heterocycles. The van der Waals surface area contributed by atoms with E-state index in [-0.39, 0.29) is 18.8 Å². The van der Waals surface area contributed by atoms with Gasteiger partial charge >= 0.3 is 5.97 Å². The standard InChI is InChI=1S/C25H15N3O5S/c26-12-15-3-1-14(2-4-15)9-18-23(16-5-7-19-20(10-16)28-34-27-19)24(29)33-25(18,30)17-6-8-21-22(11-17)32-13-31-21/h1-8,10-11,30H,9,13H2. The number of ether oxygens (including phenoxy) is 3. The number of aromatic nitrogens is 2. The van der Waals surface area contributed by atoms with Crippen molar-refractivity contribution in [3.05, 3.63) is 88.5 Å². The van der Waals surface area contributed by atoms with Crippen molar-refractivity contribution in [3.8, 4) is 17.6 Å². The number of nitrogens with zero attached hydrogens (tertiary/aromatic N) is 3. The number of fused-ring (bicyclic) bond motifs is 2. The molecule has 0 amide bonds. The molecule has 2 aliphatic rings. The highest BCUT2D eigenvalue weighted by Crippen LogP contribution is 2.47. The number of carbonyl (C=O) groups excluding carboxylic acids is 1. The number of carbonyl (C=O) groups is 1. The molecular formula is C25H15N3O5S. The number of cyclic esters (lactones) is 1. The van der Waals surface area contributed by atoms with E-state index in [2.05, 4.69) is 14.8 Å². The predicted octanol–water partition coefficient (Wildman–Crippen LogP) is 3.69. The van der Waals surface area contributed by atoms with Crippen molar-refractivity contribution in [2.24, 2.45) is 0 Å². The van der Waals surface area contributed by atoms with E-state index in [1.165, 1.54) is 0 Å². The molecule has 0 bridgehead atoms. The SMILES string of the molecule is N#Cc1ccc(CC2=C(c3ccc4nsnc4c3)C(=O)OC2(O)c2ccc3c(c2)OCO3)cc1. The van der Waals surface area contributed by atoms with Gasteiger partial charge in [0.2, 0.25) is 6.79 Å². The lowest BCUT2D eigenvalue weighted by molar-refractivity contribution is -0.185. The van der Waals surface area contributed by atoms with E-state index in [1.54, 1.807) is 60.7 Å². The molecule has 6 rings (SSSR count). The van der Waals surface area contributed by atoms with Crippen LogP contribution in [0.15, 0.2) is 66.2 Å². The van der Waals surface area contributed by atoms with E-state index in [9.17, 15) is 9.90 Å². The molecule has 4 aromatic rings. The van der Waals surface area contributed by atoms with Crippen LogP contribution in [0.4, 0.5) is 0 Å². The Labute approximate surface area is 197 Å². The normalized spacial score (nSPS) is 18.9. The fourth-order valence-electron chi connectivity index (χ4n) is 4.22. The molecule has 9 heteroatoms. The van der Waals surface area contributed by atoms with Crippen LogP contribution in [-0.2, 0) is 21.7 Å². The topological polar surface area (TPSA) is 115 Å². The summed E-state index contributed by atoms with van der Waals surface area (Å²) in [5.41, 5.74) is 4.26. The molecule has 0 saturated carbocycles. The maximum absolute atomic E-state index is 13.2. The first-order valence-corrected chi connectivity index (χ1v) is 11.1. The second-order valence-electron chi connectivity index (χ2n) is 7.91. The summed E-state index contributed by atoms with van der Waals surface area (Å²) in [6, 6.07) is 19.3. The lowest BCUT2D eigenvalue weighted by atomic mass is 9.87. The van der Waals surface area contributed by atoms with Gasteiger partial charge in [-0.2, -0.15) is 14.0 Å². The number of benzene rings is 3. The molecular weight excluding hydrogens is 454 g/mol. The fourth-order valence-corrected chi connectivity index (χ4v) is 4.74. The average molecular weight is 469 g/mol. The molecule has 0 saturated heterocycles. The molecule has 3 aromatic carbocycles. The number of nitriles is 1. The molecule has 1 N–H and O–H groups in total. The smallest absolute Gasteiger partial charge is 0.342 e. The Morgan fingerprint density at radius 1 is 1.00 bits per heavy atom. The van der Waals surface area contributed by atoms with Gasteiger partial charge in [0.25, 0.3) is 5.79 Å². The first-order chi connectivity index (χ1) is 16.5. The predicted molar refractivity (Wildman–Crippen MR) is 122 cm³/mol. The summed E-state index contributed by atoms with van der Waals surface area (Å²) < 4.78 is 25.0. The average Bonchev–Trinajstić information content (AvgIpc) is 3.57. The van der Waals surface area contributed by atoms with Gasteiger partial charge in [-0.25, -0.2) is 4.79 Å². The Bertz CT molecular complexity index is 1540. The van der Waals surface area contributed by atoms with Crippen LogP contribution < -0.4 is 9.47 Å². The van der Waals surface area contributed by atoms with Crippen LogP contribution in [0.25, 0.3) is 16.6 Å². The second kappa shape index (κ2) is 7.66. The monoisotopic (exact) mass is 469 g/mol. The van der Waals surface area contributed by atoms with Crippen molar-refractivity contribution < 1.29 is 24.1 Å². The number of hydrogen-bond acceptors (Lipinski definition) is 9. The van der Waals surface area contributed by atoms with Crippen LogP contribution >= 0.6 is 11.7 Å². The van der Waals surface area contributed by atoms with Gasteiger partial charge < -0.3 is 19.3 Å². The van der Waals surface area contributed by atoms with Crippen molar-refractivity contribution in [2.75, 3.05) is 6.79 Å². The van der Waals surface area contributed by atoms with E-state index >= 15 is 0 Å². The van der Waals surface area contributed by atoms with Crippen LogP contribution in [0.1, 0.15) is 22.3 Å². The van der Waals surface area contributed by atoms with E-state index in [4.69, 9.17) is 19.5 Å². The van der Waals surface area contributed by atoms with Gasteiger partial charge in [-0.3, -0.25) is 0 Å². The lowest BCUT2D eigenvalue weighted by Gasteiger charge is -2.26. The number of rotatable bonds is 4. The van der Waals surface area contributed by atoms with E-state index in [1.807, 2.05) is 0 Å². The van der Waals surface area contributed by atoms with Crippen molar-refractivity contribution in [1.29, 1.82) is 5.26 Å². The Balaban J connectivity index is 1.53. The highest BCUT2D eigenvalue weighted by molar-refractivity contribution is 7.00. The molecule has 166 valence electrons. The van der Waals surface area contributed by atoms with Gasteiger partial charge in [0.15, 0.2) is 11.5 Å². The zero-order valence-corrected chi connectivity index (χ0v) is 18.3. The first-order valence-electron chi connectivity index (χ1n) is 10.4. The third kappa shape index (κ3) is 3.20. The minimum Gasteiger partial charge on any atom is -0.454 e. The van der Waals surface area contributed by atoms with Gasteiger partial charge in [-0.05, 0) is 53.6 Å². The molecule has 3 heterocycles. The molecule has 1 atom stereocenters. The van der Waals surface area contributed by atoms with Crippen molar-refractivity contribution >= 4 is 34.3 Å². The molecule has 0 aliphatic carbocycles. The first kappa shape index (κ1) is 20.4. The van der Waals surface area contributed by atoms with Gasteiger partial charge in [0.05, 0.1) is 28.9 Å². The van der Waals surface area contributed by atoms with Crippen LogP contribution in [0.3, 0.4) is 0 Å². The highest BCUT2D eigenvalue weighted by Gasteiger charge is 2.48. The molecule has 8 nitrogen and oxygen atoms in total. The Kier molecular flexibility index (Phi) is 4.58. The van der Waals surface area contributed by atoms with Crippen LogP contribution in [-0.4, -0.2) is 26.6 Å². The minimum absolute atomic E-state index is 0.0812. The van der Waals surface area contributed by atoms with Gasteiger partial charge in [0, 0.05) is 17.6 Å². The van der Waals surface area contributed by atoms with Crippen molar-refractivity contribution in [1.82, 2.24) is 8.75 Å². The number of esters is 1. The van der Waals surface area contributed by atoms with Gasteiger partial charge in [0.1, 0.15) is 11.0 Å². The highest BCUT2D eigenvalue weighted by atomic mass is 32.1. The third-order valence-electron chi connectivity index (χ3n) is 5.93. The maximum atomic E-state index is 13.2. The Hall–Kier alpha value is -4.26. The molecule has 0 radical (unpaired) electrons.